The van der Waals surface area contributed by atoms with Gasteiger partial charge in [0, 0.05) is 0 Å². The van der Waals surface area contributed by atoms with Crippen molar-refractivity contribution in [2.75, 3.05) is 0 Å². The molecule has 1 unspecified atom stereocenters. The lowest BCUT2D eigenvalue weighted by atomic mass is 9.66. The van der Waals surface area contributed by atoms with Gasteiger partial charge in [-0.15, -0.1) is 0 Å². The van der Waals surface area contributed by atoms with Crippen LogP contribution in [0.3, 0.4) is 0 Å². The SMILES string of the molecule is C=Cc1ccc(COc2ccc(C3(c4cc(C)ccc4C)c4ccccc4-c4ccc([Si])cc43)cc2)cc1. The standard InChI is InChI=1S/C36H29OSi/c1-4-26-11-13-27(14-12-26)23-37-29-17-15-28(16-18-29)36(34-21-24(2)9-10-25(34)3)33-8-6-5-7-31(33)32-20-19-30(38)22-35(32)36/h4-22H,1,23H2,2-3H3. The van der Waals surface area contributed by atoms with Gasteiger partial charge in [0.25, 0.3) is 0 Å². The second kappa shape index (κ2) is 9.63. The van der Waals surface area contributed by atoms with Gasteiger partial charge in [0.15, 0.2) is 0 Å². The molecule has 0 saturated carbocycles. The maximum Gasteiger partial charge on any atom is 0.119 e. The van der Waals surface area contributed by atoms with Gasteiger partial charge < -0.3 is 4.74 Å². The number of fused-ring (bicyclic) bond motifs is 3. The highest BCUT2D eigenvalue weighted by Gasteiger charge is 2.46. The summed E-state index contributed by atoms with van der Waals surface area (Å²) in [6, 6.07) is 39.4. The number of benzene rings is 5. The summed E-state index contributed by atoms with van der Waals surface area (Å²) >= 11 is 0. The summed E-state index contributed by atoms with van der Waals surface area (Å²) in [5.41, 5.74) is 12.1. The molecular weight excluding hydrogens is 476 g/mol. The molecule has 0 saturated heterocycles. The van der Waals surface area contributed by atoms with Crippen molar-refractivity contribution in [2.45, 2.75) is 25.9 Å². The Kier molecular flexibility index (Phi) is 6.13. The first-order chi connectivity index (χ1) is 18.5. The third-order valence-electron chi connectivity index (χ3n) is 7.75. The Hall–Kier alpha value is -4.14. The highest BCUT2D eigenvalue weighted by molar-refractivity contribution is 6.32. The average molecular weight is 506 g/mol. The highest BCUT2D eigenvalue weighted by atomic mass is 28.1. The van der Waals surface area contributed by atoms with Crippen LogP contribution in [-0.2, 0) is 12.0 Å². The van der Waals surface area contributed by atoms with Crippen molar-refractivity contribution >= 4 is 21.5 Å². The molecule has 5 aromatic rings. The number of rotatable bonds is 6. The van der Waals surface area contributed by atoms with Crippen molar-refractivity contribution in [3.05, 3.63) is 160 Å². The lowest BCUT2D eigenvalue weighted by molar-refractivity contribution is 0.306. The van der Waals surface area contributed by atoms with Gasteiger partial charge in [-0.2, -0.15) is 0 Å². The molecule has 2 heteroatoms. The van der Waals surface area contributed by atoms with Crippen LogP contribution in [0.5, 0.6) is 5.75 Å². The van der Waals surface area contributed by atoms with Crippen molar-refractivity contribution in [3.8, 4) is 16.9 Å². The van der Waals surface area contributed by atoms with Crippen LogP contribution in [0.1, 0.15) is 44.5 Å². The number of ether oxygens (including phenoxy) is 1. The molecular formula is C36H29OSi. The quantitative estimate of drug-likeness (QED) is 0.211. The summed E-state index contributed by atoms with van der Waals surface area (Å²) in [4.78, 5) is 0. The second-order valence-electron chi connectivity index (χ2n) is 10.1. The van der Waals surface area contributed by atoms with Gasteiger partial charge in [0.1, 0.15) is 12.4 Å². The summed E-state index contributed by atoms with van der Waals surface area (Å²) in [5.74, 6) is 0.859. The van der Waals surface area contributed by atoms with Crippen LogP contribution in [0.25, 0.3) is 17.2 Å². The molecule has 0 aromatic heterocycles. The smallest absolute Gasteiger partial charge is 0.119 e. The average Bonchev–Trinajstić information content (AvgIpc) is 3.24. The molecule has 1 aliphatic rings. The lowest BCUT2D eigenvalue weighted by Crippen LogP contribution is -2.30. The monoisotopic (exact) mass is 505 g/mol. The molecule has 0 fully saturated rings. The molecule has 0 aliphatic heterocycles. The van der Waals surface area contributed by atoms with E-state index in [2.05, 4.69) is 140 Å². The fourth-order valence-electron chi connectivity index (χ4n) is 5.89. The largest absolute Gasteiger partial charge is 0.489 e. The predicted octanol–water partition coefficient (Wildman–Crippen LogP) is 7.68. The Labute approximate surface area is 228 Å². The van der Waals surface area contributed by atoms with Gasteiger partial charge in [0.2, 0.25) is 0 Å². The minimum atomic E-state index is -0.427. The van der Waals surface area contributed by atoms with Crippen LogP contribution in [0, 0.1) is 13.8 Å². The van der Waals surface area contributed by atoms with E-state index in [1.54, 1.807) is 0 Å². The summed E-state index contributed by atoms with van der Waals surface area (Å²) in [6.07, 6.45) is 1.85. The minimum absolute atomic E-state index is 0.427. The van der Waals surface area contributed by atoms with Gasteiger partial charge in [0.05, 0.1) is 15.7 Å². The molecule has 0 bridgehead atoms. The van der Waals surface area contributed by atoms with Crippen LogP contribution < -0.4 is 9.92 Å². The maximum atomic E-state index is 6.19. The van der Waals surface area contributed by atoms with Gasteiger partial charge in [-0.3, -0.25) is 0 Å². The van der Waals surface area contributed by atoms with Crippen molar-refractivity contribution in [1.82, 2.24) is 0 Å². The van der Waals surface area contributed by atoms with E-state index >= 15 is 0 Å². The number of aryl methyl sites for hydroxylation is 2. The van der Waals surface area contributed by atoms with Gasteiger partial charge >= 0.3 is 0 Å². The highest BCUT2D eigenvalue weighted by Crippen LogP contribution is 2.56. The summed E-state index contributed by atoms with van der Waals surface area (Å²) in [5, 5.41) is 1.08. The molecule has 1 aliphatic carbocycles. The van der Waals surface area contributed by atoms with E-state index in [1.807, 2.05) is 6.08 Å². The summed E-state index contributed by atoms with van der Waals surface area (Å²) < 4.78 is 6.19. The van der Waals surface area contributed by atoms with Crippen LogP contribution in [0.2, 0.25) is 0 Å². The van der Waals surface area contributed by atoms with Crippen molar-refractivity contribution in [2.24, 2.45) is 0 Å². The topological polar surface area (TPSA) is 9.23 Å². The molecule has 38 heavy (non-hydrogen) atoms. The fourth-order valence-corrected chi connectivity index (χ4v) is 6.12. The molecule has 6 rings (SSSR count). The van der Waals surface area contributed by atoms with Gasteiger partial charge in [-0.1, -0.05) is 120 Å². The first-order valence-corrected chi connectivity index (χ1v) is 13.5. The summed E-state index contributed by atoms with van der Waals surface area (Å²) in [7, 11) is 3.84. The van der Waals surface area contributed by atoms with Crippen LogP contribution in [0.4, 0.5) is 0 Å². The van der Waals surface area contributed by atoms with Crippen molar-refractivity contribution in [1.29, 1.82) is 0 Å². The molecule has 0 amide bonds. The zero-order valence-corrected chi connectivity index (χ0v) is 22.8. The van der Waals surface area contributed by atoms with Gasteiger partial charge in [-0.05, 0) is 76.1 Å². The molecule has 3 radical (unpaired) electrons. The third-order valence-corrected chi connectivity index (χ3v) is 8.06. The zero-order chi connectivity index (χ0) is 26.3. The Morgan fingerprint density at radius 3 is 2.24 bits per heavy atom. The van der Waals surface area contributed by atoms with Gasteiger partial charge in [-0.25, -0.2) is 0 Å². The van der Waals surface area contributed by atoms with Crippen molar-refractivity contribution in [3.63, 3.8) is 0 Å². The van der Waals surface area contributed by atoms with Crippen LogP contribution in [-0.4, -0.2) is 10.2 Å². The first-order valence-electron chi connectivity index (χ1n) is 13.0. The normalized spacial score (nSPS) is 15.6. The zero-order valence-electron chi connectivity index (χ0n) is 21.8. The second-order valence-corrected chi connectivity index (χ2v) is 10.7. The lowest BCUT2D eigenvalue weighted by Gasteiger charge is -2.35. The third kappa shape index (κ3) is 3.93. The Morgan fingerprint density at radius 1 is 0.737 bits per heavy atom. The number of hydrogen-bond acceptors (Lipinski definition) is 1. The van der Waals surface area contributed by atoms with Crippen LogP contribution >= 0.6 is 0 Å². The van der Waals surface area contributed by atoms with E-state index < -0.39 is 5.41 Å². The molecule has 183 valence electrons. The van der Waals surface area contributed by atoms with E-state index in [9.17, 15) is 0 Å². The van der Waals surface area contributed by atoms with E-state index in [1.165, 1.54) is 44.5 Å². The molecule has 5 aromatic carbocycles. The summed E-state index contributed by atoms with van der Waals surface area (Å²) in [6.45, 7) is 8.76. The maximum absolute atomic E-state index is 6.19. The predicted molar refractivity (Wildman–Crippen MR) is 159 cm³/mol. The first kappa shape index (κ1) is 24.2. The van der Waals surface area contributed by atoms with Crippen molar-refractivity contribution < 1.29 is 4.74 Å². The van der Waals surface area contributed by atoms with E-state index in [-0.39, 0.29) is 0 Å². The molecule has 1 nitrogen and oxygen atoms in total. The van der Waals surface area contributed by atoms with Crippen LogP contribution in [0.15, 0.2) is 116 Å². The molecule has 0 spiro atoms. The number of hydrogen-bond donors (Lipinski definition) is 0. The Morgan fingerprint density at radius 2 is 1.47 bits per heavy atom. The molecule has 0 N–H and O–H groups in total. The van der Waals surface area contributed by atoms with E-state index in [0.717, 1.165) is 22.1 Å². The van der Waals surface area contributed by atoms with E-state index in [0.29, 0.717) is 6.61 Å². The minimum Gasteiger partial charge on any atom is -0.489 e. The fraction of sp³-hybridized carbons (Fsp3) is 0.111. The van der Waals surface area contributed by atoms with E-state index in [4.69, 9.17) is 4.74 Å². The molecule has 1 atom stereocenters. The Balaban J connectivity index is 1.49. The molecule has 0 heterocycles. The Bertz CT molecular complexity index is 1650.